The van der Waals surface area contributed by atoms with Crippen LogP contribution in [0.3, 0.4) is 0 Å². The zero-order valence-electron chi connectivity index (χ0n) is 12.7. The van der Waals surface area contributed by atoms with Gasteiger partial charge in [0.1, 0.15) is 0 Å². The first-order valence-corrected chi connectivity index (χ1v) is 8.01. The van der Waals surface area contributed by atoms with Gasteiger partial charge in [-0.25, -0.2) is 0 Å². The number of nitrogens with one attached hydrogen (secondary N) is 1. The lowest BCUT2D eigenvalue weighted by atomic mass is 9.58. The van der Waals surface area contributed by atoms with E-state index in [2.05, 4.69) is 10.3 Å². The minimum atomic E-state index is -0.814. The first-order chi connectivity index (χ1) is 10.6. The molecule has 22 heavy (non-hydrogen) atoms. The molecule has 5 heteroatoms. The number of aliphatic carboxylic acids is 1. The van der Waals surface area contributed by atoms with E-state index in [1.54, 1.807) is 12.4 Å². The molecule has 3 saturated carbocycles. The van der Waals surface area contributed by atoms with Crippen LogP contribution in [0.4, 0.5) is 0 Å². The van der Waals surface area contributed by atoms with E-state index >= 15 is 0 Å². The van der Waals surface area contributed by atoms with E-state index in [9.17, 15) is 14.7 Å². The standard InChI is InChI=1S/C17H22N2O3/c1-10(11-6-8-18-9-7-11)19-16(20)14-12-2-4-13(5-3-12)15(14)17(21)22/h6-10,12-15H,2-5H2,1H3,(H,19,20)(H,21,22)/t10-,12?,13?,14-,15-/m0/s1. The molecule has 3 aliphatic rings. The van der Waals surface area contributed by atoms with E-state index in [0.29, 0.717) is 0 Å². The molecule has 0 aliphatic heterocycles. The predicted molar refractivity (Wildman–Crippen MR) is 80.9 cm³/mol. The fourth-order valence-corrected chi connectivity index (χ4v) is 4.23. The Bertz CT molecular complexity index is 552. The monoisotopic (exact) mass is 302 g/mol. The minimum absolute atomic E-state index is 0.105. The molecule has 3 fully saturated rings. The van der Waals surface area contributed by atoms with Crippen molar-refractivity contribution in [2.24, 2.45) is 23.7 Å². The number of carbonyl (C=O) groups is 2. The molecule has 5 nitrogen and oxygen atoms in total. The maximum absolute atomic E-state index is 12.7. The Morgan fingerprint density at radius 2 is 1.68 bits per heavy atom. The van der Waals surface area contributed by atoms with Crippen LogP contribution in [0.1, 0.15) is 44.2 Å². The number of nitrogens with zero attached hydrogens (tertiary/aromatic N) is 1. The number of amides is 1. The third kappa shape index (κ3) is 2.72. The third-order valence-corrected chi connectivity index (χ3v) is 5.37. The number of carboxylic acid groups (broad SMARTS) is 1. The topological polar surface area (TPSA) is 79.3 Å². The van der Waals surface area contributed by atoms with Crippen LogP contribution < -0.4 is 5.32 Å². The third-order valence-electron chi connectivity index (χ3n) is 5.37. The van der Waals surface area contributed by atoms with Crippen molar-refractivity contribution in [3.8, 4) is 0 Å². The van der Waals surface area contributed by atoms with Crippen LogP contribution in [0.25, 0.3) is 0 Å². The Labute approximate surface area is 130 Å². The van der Waals surface area contributed by atoms with E-state index in [0.717, 1.165) is 31.2 Å². The molecular formula is C17H22N2O3. The van der Waals surface area contributed by atoms with Crippen molar-refractivity contribution < 1.29 is 14.7 Å². The Balaban J connectivity index is 1.74. The van der Waals surface area contributed by atoms with Crippen LogP contribution >= 0.6 is 0 Å². The molecule has 1 aromatic heterocycles. The number of carboxylic acids is 1. The first-order valence-electron chi connectivity index (χ1n) is 8.01. The molecule has 0 radical (unpaired) electrons. The molecule has 2 N–H and O–H groups in total. The molecule has 118 valence electrons. The second-order valence-electron chi connectivity index (χ2n) is 6.58. The van der Waals surface area contributed by atoms with E-state index in [-0.39, 0.29) is 29.7 Å². The van der Waals surface area contributed by atoms with E-state index in [1.165, 1.54) is 0 Å². The van der Waals surface area contributed by atoms with Crippen molar-refractivity contribution in [3.63, 3.8) is 0 Å². The lowest BCUT2D eigenvalue weighted by Gasteiger charge is -2.46. The second-order valence-corrected chi connectivity index (χ2v) is 6.58. The number of aromatic nitrogens is 1. The summed E-state index contributed by atoms with van der Waals surface area (Å²) in [5.41, 5.74) is 0.983. The van der Waals surface area contributed by atoms with Crippen LogP contribution in [0, 0.1) is 23.7 Å². The van der Waals surface area contributed by atoms with Gasteiger partial charge in [-0.1, -0.05) is 0 Å². The number of hydrogen-bond acceptors (Lipinski definition) is 3. The zero-order valence-corrected chi connectivity index (χ0v) is 12.7. The molecule has 1 aromatic rings. The Hall–Kier alpha value is -1.91. The van der Waals surface area contributed by atoms with Crippen molar-refractivity contribution in [1.29, 1.82) is 0 Å². The molecule has 4 rings (SSSR count). The van der Waals surface area contributed by atoms with E-state index in [4.69, 9.17) is 0 Å². The Morgan fingerprint density at radius 3 is 2.23 bits per heavy atom. The average molecular weight is 302 g/mol. The highest BCUT2D eigenvalue weighted by Gasteiger charge is 2.50. The highest BCUT2D eigenvalue weighted by atomic mass is 16.4. The smallest absolute Gasteiger partial charge is 0.307 e. The van der Waals surface area contributed by atoms with Crippen molar-refractivity contribution in [2.75, 3.05) is 0 Å². The van der Waals surface area contributed by atoms with Crippen molar-refractivity contribution in [1.82, 2.24) is 10.3 Å². The molecule has 3 atom stereocenters. The number of hydrogen-bond donors (Lipinski definition) is 2. The van der Waals surface area contributed by atoms with Gasteiger partial charge in [0.25, 0.3) is 0 Å². The van der Waals surface area contributed by atoms with E-state index in [1.807, 2.05) is 19.1 Å². The summed E-state index contributed by atoms with van der Waals surface area (Å²) in [6.07, 6.45) is 7.25. The first kappa shape index (κ1) is 15.0. The van der Waals surface area contributed by atoms with Gasteiger partial charge in [0, 0.05) is 12.4 Å². The summed E-state index contributed by atoms with van der Waals surface area (Å²) in [6, 6.07) is 3.60. The summed E-state index contributed by atoms with van der Waals surface area (Å²) >= 11 is 0. The largest absolute Gasteiger partial charge is 0.481 e. The van der Waals surface area contributed by atoms with Gasteiger partial charge in [-0.15, -0.1) is 0 Å². The normalized spacial score (nSPS) is 31.5. The maximum atomic E-state index is 12.7. The van der Waals surface area contributed by atoms with Crippen LogP contribution in [0.5, 0.6) is 0 Å². The lowest BCUT2D eigenvalue weighted by Crippen LogP contribution is -2.51. The highest BCUT2D eigenvalue weighted by Crippen LogP contribution is 2.49. The van der Waals surface area contributed by atoms with Crippen LogP contribution in [-0.4, -0.2) is 22.0 Å². The van der Waals surface area contributed by atoms with Crippen molar-refractivity contribution in [2.45, 2.75) is 38.6 Å². The van der Waals surface area contributed by atoms with Crippen molar-refractivity contribution in [3.05, 3.63) is 30.1 Å². The summed E-state index contributed by atoms with van der Waals surface area (Å²) in [4.78, 5) is 28.3. The highest BCUT2D eigenvalue weighted by molar-refractivity contribution is 5.86. The molecule has 1 amide bonds. The van der Waals surface area contributed by atoms with Gasteiger partial charge < -0.3 is 10.4 Å². The molecular weight excluding hydrogens is 280 g/mol. The summed E-state index contributed by atoms with van der Waals surface area (Å²) in [6.45, 7) is 1.92. The van der Waals surface area contributed by atoms with Gasteiger partial charge in [-0.2, -0.15) is 0 Å². The fraction of sp³-hybridized carbons (Fsp3) is 0.588. The fourth-order valence-electron chi connectivity index (χ4n) is 4.23. The van der Waals surface area contributed by atoms with Crippen LogP contribution in [-0.2, 0) is 9.59 Å². The SMILES string of the molecule is C[C@H](NC(=O)[C@H]1C2CCC(CC2)[C@@H]1C(=O)O)c1ccncc1. The summed E-state index contributed by atoms with van der Waals surface area (Å²) < 4.78 is 0. The molecule has 0 unspecified atom stereocenters. The van der Waals surface area contributed by atoms with Gasteiger partial charge in [0.2, 0.25) is 5.91 Å². The Kier molecular flexibility index (Phi) is 4.14. The van der Waals surface area contributed by atoms with E-state index < -0.39 is 11.9 Å². The average Bonchev–Trinajstić information content (AvgIpc) is 2.55. The van der Waals surface area contributed by atoms with Gasteiger partial charge >= 0.3 is 5.97 Å². The molecule has 2 bridgehead atoms. The van der Waals surface area contributed by atoms with Gasteiger partial charge in [-0.05, 0) is 62.1 Å². The molecule has 3 aliphatic carbocycles. The number of rotatable bonds is 4. The van der Waals surface area contributed by atoms with Crippen LogP contribution in [0.2, 0.25) is 0 Å². The molecule has 0 spiro atoms. The van der Waals surface area contributed by atoms with Gasteiger partial charge in [0.15, 0.2) is 0 Å². The lowest BCUT2D eigenvalue weighted by molar-refractivity contribution is -0.158. The van der Waals surface area contributed by atoms with Crippen LogP contribution in [0.15, 0.2) is 24.5 Å². The number of pyridine rings is 1. The van der Waals surface area contributed by atoms with Crippen molar-refractivity contribution >= 4 is 11.9 Å². The summed E-state index contributed by atoms with van der Waals surface area (Å²) in [5, 5.41) is 12.5. The zero-order chi connectivity index (χ0) is 15.7. The second kappa shape index (κ2) is 6.07. The quantitative estimate of drug-likeness (QED) is 0.895. The minimum Gasteiger partial charge on any atom is -0.481 e. The summed E-state index contributed by atoms with van der Waals surface area (Å²) in [5.74, 6) is -1.44. The maximum Gasteiger partial charge on any atom is 0.307 e. The predicted octanol–water partition coefficient (Wildman–Crippen LogP) is 2.40. The summed E-state index contributed by atoms with van der Waals surface area (Å²) in [7, 11) is 0. The number of fused-ring (bicyclic) bond motifs is 3. The van der Waals surface area contributed by atoms with Gasteiger partial charge in [-0.3, -0.25) is 14.6 Å². The molecule has 0 saturated heterocycles. The van der Waals surface area contributed by atoms with Gasteiger partial charge in [0.05, 0.1) is 17.9 Å². The Morgan fingerprint density at radius 1 is 1.14 bits per heavy atom. The molecule has 1 heterocycles. The number of carbonyl (C=O) groups excluding carboxylic acids is 1. The molecule has 0 aromatic carbocycles.